The number of benzene rings is 2. The number of esters is 1. The molecule has 1 unspecified atom stereocenters. The lowest BCUT2D eigenvalue weighted by atomic mass is 10.0. The Hall–Kier alpha value is -4.67. The fourth-order valence-corrected chi connectivity index (χ4v) is 4.44. The molecule has 38 heavy (non-hydrogen) atoms. The molecule has 2 amide bonds. The number of carbonyl (C=O) groups is 3. The first kappa shape index (κ1) is 26.4. The molecule has 4 rings (SSSR count). The number of hydrogen-bond donors (Lipinski definition) is 0. The summed E-state index contributed by atoms with van der Waals surface area (Å²) in [6, 6.07) is 14.2. The Morgan fingerprint density at radius 1 is 1.05 bits per heavy atom. The highest BCUT2D eigenvalue weighted by atomic mass is 16.6. The quantitative estimate of drug-likeness (QED) is 0.275. The Labute approximate surface area is 219 Å². The topological polar surface area (TPSA) is 136 Å². The first-order valence-corrected chi connectivity index (χ1v) is 12.2. The van der Waals surface area contributed by atoms with Crippen LogP contribution in [0.2, 0.25) is 0 Å². The molecule has 0 bridgehead atoms. The molecule has 0 saturated carbocycles. The van der Waals surface area contributed by atoms with E-state index in [0.717, 1.165) is 0 Å². The normalized spacial score (nSPS) is 15.2. The summed E-state index contributed by atoms with van der Waals surface area (Å²) in [5.74, 6) is -1.19. The number of nitrogens with zero attached hydrogens (tertiary/aromatic N) is 5. The molecule has 2 heterocycles. The number of ether oxygens (including phenoxy) is 1. The minimum Gasteiger partial charge on any atom is -0.462 e. The van der Waals surface area contributed by atoms with E-state index in [1.165, 1.54) is 24.3 Å². The van der Waals surface area contributed by atoms with E-state index in [9.17, 15) is 24.5 Å². The molecule has 0 aliphatic carbocycles. The Balaban J connectivity index is 1.62. The van der Waals surface area contributed by atoms with Crippen molar-refractivity contribution >= 4 is 23.5 Å². The Kier molecular flexibility index (Phi) is 7.75. The molecule has 11 heteroatoms. The van der Waals surface area contributed by atoms with Crippen LogP contribution < -0.4 is 0 Å². The summed E-state index contributed by atoms with van der Waals surface area (Å²) in [6.45, 7) is 5.82. The van der Waals surface area contributed by atoms with Crippen LogP contribution in [0.15, 0.2) is 54.6 Å². The van der Waals surface area contributed by atoms with Gasteiger partial charge < -0.3 is 14.5 Å². The number of nitro groups is 1. The van der Waals surface area contributed by atoms with Gasteiger partial charge in [-0.1, -0.05) is 36.4 Å². The van der Waals surface area contributed by atoms with Gasteiger partial charge in [-0.15, -0.1) is 0 Å². The van der Waals surface area contributed by atoms with E-state index in [0.29, 0.717) is 17.1 Å². The first-order valence-electron chi connectivity index (χ1n) is 12.2. The second-order valence-corrected chi connectivity index (χ2v) is 8.84. The highest BCUT2D eigenvalue weighted by molar-refractivity contribution is 6.07. The van der Waals surface area contributed by atoms with Crippen molar-refractivity contribution in [3.8, 4) is 11.3 Å². The second-order valence-electron chi connectivity index (χ2n) is 8.84. The molecule has 0 N–H and O–H groups in total. The number of carbonyl (C=O) groups excluding carboxylic acids is 3. The number of rotatable bonds is 6. The standard InChI is InChI=1S/C27H27N5O6/c1-4-38-27(35)22-23(19-9-6-5-7-10-19)28-18(3)29-24(22)26(34)30-13-14-31(17(2)16-30)25(33)20-11-8-12-21(15-20)32(36)37/h5-12,15,17H,4,13-14,16H2,1-3H3. The van der Waals surface area contributed by atoms with Gasteiger partial charge in [-0.05, 0) is 26.8 Å². The van der Waals surface area contributed by atoms with E-state index < -0.39 is 16.8 Å². The monoisotopic (exact) mass is 517 g/mol. The van der Waals surface area contributed by atoms with Crippen molar-refractivity contribution in [1.82, 2.24) is 19.8 Å². The van der Waals surface area contributed by atoms with E-state index in [1.807, 2.05) is 18.2 Å². The predicted octanol–water partition coefficient (Wildman–Crippen LogP) is 3.52. The van der Waals surface area contributed by atoms with Crippen molar-refractivity contribution in [2.75, 3.05) is 26.2 Å². The summed E-state index contributed by atoms with van der Waals surface area (Å²) in [4.78, 5) is 62.3. The molecule has 1 fully saturated rings. The molecule has 3 aromatic rings. The summed E-state index contributed by atoms with van der Waals surface area (Å²) in [5, 5.41) is 11.1. The van der Waals surface area contributed by atoms with Crippen LogP contribution in [0.4, 0.5) is 5.69 Å². The van der Waals surface area contributed by atoms with Gasteiger partial charge >= 0.3 is 5.97 Å². The fourth-order valence-electron chi connectivity index (χ4n) is 4.44. The molecule has 11 nitrogen and oxygen atoms in total. The van der Waals surface area contributed by atoms with E-state index in [2.05, 4.69) is 9.97 Å². The minimum absolute atomic E-state index is 0.00333. The molecule has 196 valence electrons. The molecular weight excluding hydrogens is 490 g/mol. The lowest BCUT2D eigenvalue weighted by molar-refractivity contribution is -0.384. The van der Waals surface area contributed by atoms with Crippen LogP contribution >= 0.6 is 0 Å². The van der Waals surface area contributed by atoms with Gasteiger partial charge in [-0.3, -0.25) is 19.7 Å². The average molecular weight is 518 g/mol. The maximum atomic E-state index is 13.7. The molecule has 2 aromatic carbocycles. The summed E-state index contributed by atoms with van der Waals surface area (Å²) < 4.78 is 5.26. The zero-order valence-corrected chi connectivity index (χ0v) is 21.3. The molecule has 0 spiro atoms. The number of amides is 2. The van der Waals surface area contributed by atoms with E-state index in [4.69, 9.17) is 4.74 Å². The summed E-state index contributed by atoms with van der Waals surface area (Å²) in [5.41, 5.74) is 0.937. The number of aryl methyl sites for hydroxylation is 1. The molecule has 0 radical (unpaired) electrons. The van der Waals surface area contributed by atoms with Crippen LogP contribution in [0, 0.1) is 17.0 Å². The molecule has 1 aliphatic rings. The average Bonchev–Trinajstić information content (AvgIpc) is 2.92. The van der Waals surface area contributed by atoms with Gasteiger partial charge in [0.15, 0.2) is 0 Å². The van der Waals surface area contributed by atoms with Crippen molar-refractivity contribution in [2.24, 2.45) is 0 Å². The van der Waals surface area contributed by atoms with Gasteiger partial charge in [0.25, 0.3) is 17.5 Å². The van der Waals surface area contributed by atoms with Crippen molar-refractivity contribution in [3.05, 3.63) is 87.4 Å². The maximum Gasteiger partial charge on any atom is 0.342 e. The zero-order chi connectivity index (χ0) is 27.4. The van der Waals surface area contributed by atoms with Gasteiger partial charge in [0.1, 0.15) is 17.1 Å². The molecular formula is C27H27N5O6. The van der Waals surface area contributed by atoms with Crippen molar-refractivity contribution < 1.29 is 24.0 Å². The van der Waals surface area contributed by atoms with Crippen molar-refractivity contribution in [2.45, 2.75) is 26.8 Å². The van der Waals surface area contributed by atoms with Crippen molar-refractivity contribution in [3.63, 3.8) is 0 Å². The Bertz CT molecular complexity index is 1390. The highest BCUT2D eigenvalue weighted by Crippen LogP contribution is 2.27. The van der Waals surface area contributed by atoms with E-state index >= 15 is 0 Å². The van der Waals surface area contributed by atoms with Crippen LogP contribution in [-0.4, -0.2) is 74.8 Å². The molecule has 1 aromatic heterocycles. The highest BCUT2D eigenvalue weighted by Gasteiger charge is 2.35. The lowest BCUT2D eigenvalue weighted by Gasteiger charge is -2.40. The summed E-state index contributed by atoms with van der Waals surface area (Å²) in [7, 11) is 0. The first-order chi connectivity index (χ1) is 18.2. The fraction of sp³-hybridized carbons (Fsp3) is 0.296. The van der Waals surface area contributed by atoms with Crippen LogP contribution in [0.1, 0.15) is 50.9 Å². The van der Waals surface area contributed by atoms with Gasteiger partial charge in [-0.25, -0.2) is 14.8 Å². The van der Waals surface area contributed by atoms with E-state index in [-0.39, 0.29) is 60.7 Å². The van der Waals surface area contributed by atoms with Crippen LogP contribution in [-0.2, 0) is 4.74 Å². The number of hydrogen-bond acceptors (Lipinski definition) is 8. The third-order valence-corrected chi connectivity index (χ3v) is 6.23. The van der Waals surface area contributed by atoms with Gasteiger partial charge in [0.2, 0.25) is 0 Å². The number of nitro benzene ring substituents is 1. The minimum atomic E-state index is -0.692. The van der Waals surface area contributed by atoms with Crippen LogP contribution in [0.5, 0.6) is 0 Å². The number of piperazine rings is 1. The predicted molar refractivity (Wildman–Crippen MR) is 138 cm³/mol. The Morgan fingerprint density at radius 3 is 2.45 bits per heavy atom. The van der Waals surface area contributed by atoms with Crippen molar-refractivity contribution in [1.29, 1.82) is 0 Å². The smallest absolute Gasteiger partial charge is 0.342 e. The third kappa shape index (κ3) is 5.36. The number of non-ortho nitro benzene ring substituents is 1. The zero-order valence-electron chi connectivity index (χ0n) is 21.3. The molecule has 1 saturated heterocycles. The molecule has 1 aliphatic heterocycles. The summed E-state index contributed by atoms with van der Waals surface area (Å²) in [6.07, 6.45) is 0. The van der Waals surface area contributed by atoms with Crippen LogP contribution in [0.3, 0.4) is 0 Å². The lowest BCUT2D eigenvalue weighted by Crippen LogP contribution is -2.55. The third-order valence-electron chi connectivity index (χ3n) is 6.23. The maximum absolute atomic E-state index is 13.7. The second kappa shape index (κ2) is 11.2. The largest absolute Gasteiger partial charge is 0.462 e. The summed E-state index contributed by atoms with van der Waals surface area (Å²) >= 11 is 0. The van der Waals surface area contributed by atoms with Gasteiger partial charge in [0.05, 0.1) is 17.2 Å². The number of aromatic nitrogens is 2. The van der Waals surface area contributed by atoms with Gasteiger partial charge in [0, 0.05) is 48.9 Å². The van der Waals surface area contributed by atoms with Crippen LogP contribution in [0.25, 0.3) is 11.3 Å². The van der Waals surface area contributed by atoms with Gasteiger partial charge in [-0.2, -0.15) is 0 Å². The Morgan fingerprint density at radius 2 is 1.79 bits per heavy atom. The SMILES string of the molecule is CCOC(=O)c1c(C(=O)N2CCN(C(=O)c3cccc([N+](=O)[O-])c3)C(C)C2)nc(C)nc1-c1ccccc1. The molecule has 1 atom stereocenters. The van der Waals surface area contributed by atoms with E-state index in [1.54, 1.807) is 42.7 Å².